The number of thioether (sulfide) groups is 1. The van der Waals surface area contributed by atoms with Crippen molar-refractivity contribution >= 4 is 46.2 Å². The zero-order valence-electron chi connectivity index (χ0n) is 17.6. The molecule has 7 heteroatoms. The van der Waals surface area contributed by atoms with Crippen molar-refractivity contribution in [1.82, 2.24) is 9.88 Å². The molecule has 3 aromatic rings. The Morgan fingerprint density at radius 1 is 1.10 bits per heavy atom. The largest absolute Gasteiger partial charge is 0.318 e. The van der Waals surface area contributed by atoms with Gasteiger partial charge < -0.3 is 9.88 Å². The van der Waals surface area contributed by atoms with Crippen molar-refractivity contribution in [2.45, 2.75) is 27.7 Å². The molecule has 0 spiro atoms. The highest BCUT2D eigenvalue weighted by molar-refractivity contribution is 8.18. The zero-order chi connectivity index (χ0) is 22.3. The second-order valence-corrected chi connectivity index (χ2v) is 8.97. The van der Waals surface area contributed by atoms with E-state index in [0.29, 0.717) is 10.1 Å². The Morgan fingerprint density at radius 3 is 2.58 bits per heavy atom. The maximum Gasteiger partial charge on any atom is 0.264 e. The molecule has 2 aromatic carbocycles. The highest BCUT2D eigenvalue weighted by Gasteiger charge is 2.25. The Balaban J connectivity index is 1.65. The van der Waals surface area contributed by atoms with E-state index < -0.39 is 5.82 Å². The summed E-state index contributed by atoms with van der Waals surface area (Å²) in [5, 5.41) is 3.47. The SMILES string of the molecule is Cc1ccc(N=C2NC(=O)/C(=C/c3cc(C)n(-c4ccc(F)c(Cl)c4)c3C)S2)c(C)c1. The van der Waals surface area contributed by atoms with Crippen molar-refractivity contribution < 1.29 is 9.18 Å². The Kier molecular flexibility index (Phi) is 5.77. The van der Waals surface area contributed by atoms with Crippen LogP contribution in [0.5, 0.6) is 0 Å². The van der Waals surface area contributed by atoms with E-state index in [-0.39, 0.29) is 10.9 Å². The fourth-order valence-electron chi connectivity index (χ4n) is 3.62. The van der Waals surface area contributed by atoms with Gasteiger partial charge in [0.25, 0.3) is 5.91 Å². The third kappa shape index (κ3) is 4.31. The molecule has 4 nitrogen and oxygen atoms in total. The molecule has 0 radical (unpaired) electrons. The molecule has 0 saturated carbocycles. The van der Waals surface area contributed by atoms with E-state index in [0.717, 1.165) is 33.9 Å². The Labute approximate surface area is 189 Å². The van der Waals surface area contributed by atoms with Crippen LogP contribution in [0, 0.1) is 33.5 Å². The number of carbonyl (C=O) groups excluding carboxylic acids is 1. The monoisotopic (exact) mass is 453 g/mol. The van der Waals surface area contributed by atoms with Crippen LogP contribution in [0.4, 0.5) is 10.1 Å². The van der Waals surface area contributed by atoms with Gasteiger partial charge in [-0.2, -0.15) is 0 Å². The van der Waals surface area contributed by atoms with E-state index in [1.165, 1.54) is 23.4 Å². The number of carbonyl (C=O) groups is 1. The number of nitrogens with one attached hydrogen (secondary N) is 1. The van der Waals surface area contributed by atoms with E-state index in [9.17, 15) is 9.18 Å². The summed E-state index contributed by atoms with van der Waals surface area (Å²) in [7, 11) is 0. The molecular weight excluding hydrogens is 433 g/mol. The predicted octanol–water partition coefficient (Wildman–Crippen LogP) is 6.40. The first-order valence-electron chi connectivity index (χ1n) is 9.74. The summed E-state index contributed by atoms with van der Waals surface area (Å²) < 4.78 is 15.5. The van der Waals surface area contributed by atoms with Crippen LogP contribution in [-0.4, -0.2) is 15.6 Å². The summed E-state index contributed by atoms with van der Waals surface area (Å²) in [5.74, 6) is -0.631. The van der Waals surface area contributed by atoms with Crippen LogP contribution < -0.4 is 5.32 Å². The van der Waals surface area contributed by atoms with Gasteiger partial charge in [0.15, 0.2) is 5.17 Å². The Bertz CT molecular complexity index is 1280. The average molecular weight is 454 g/mol. The van der Waals surface area contributed by atoms with Gasteiger partial charge in [-0.1, -0.05) is 29.3 Å². The van der Waals surface area contributed by atoms with E-state index in [4.69, 9.17) is 11.6 Å². The molecule has 2 heterocycles. The Hall–Kier alpha value is -2.83. The minimum Gasteiger partial charge on any atom is -0.318 e. The molecule has 1 aromatic heterocycles. The second-order valence-electron chi connectivity index (χ2n) is 7.53. The van der Waals surface area contributed by atoms with Gasteiger partial charge in [-0.15, -0.1) is 0 Å². The standard InChI is InChI=1S/C24H21ClFN3OS/c1-13-5-8-21(14(2)9-13)27-24-28-23(30)22(31-24)11-17-10-15(3)29(16(17)4)18-6-7-20(26)19(25)12-18/h5-12H,1-4H3,(H,27,28,30)/b22-11-. The maximum absolute atomic E-state index is 13.6. The number of hydrogen-bond donors (Lipinski definition) is 1. The first-order chi connectivity index (χ1) is 14.7. The molecule has 4 rings (SSSR count). The summed E-state index contributed by atoms with van der Waals surface area (Å²) in [5.41, 5.74) is 6.63. The van der Waals surface area contributed by atoms with E-state index in [2.05, 4.69) is 16.4 Å². The van der Waals surface area contributed by atoms with Gasteiger partial charge in [0, 0.05) is 17.1 Å². The molecular formula is C24H21ClFN3OS. The lowest BCUT2D eigenvalue weighted by atomic mass is 10.1. The quantitative estimate of drug-likeness (QED) is 0.466. The number of rotatable bonds is 3. The number of aliphatic imine (C=N–C) groups is 1. The number of hydrogen-bond acceptors (Lipinski definition) is 3. The van der Waals surface area contributed by atoms with Gasteiger partial charge in [-0.25, -0.2) is 9.38 Å². The maximum atomic E-state index is 13.6. The first-order valence-corrected chi connectivity index (χ1v) is 10.9. The minimum absolute atomic E-state index is 0.0721. The zero-order valence-corrected chi connectivity index (χ0v) is 19.2. The molecule has 158 valence electrons. The van der Waals surface area contributed by atoms with Crippen molar-refractivity contribution in [3.05, 3.63) is 86.3 Å². The molecule has 1 amide bonds. The van der Waals surface area contributed by atoms with E-state index in [1.54, 1.807) is 12.1 Å². The van der Waals surface area contributed by atoms with Crippen molar-refractivity contribution in [3.8, 4) is 5.69 Å². The average Bonchev–Trinajstić information content (AvgIpc) is 3.19. The second kappa shape index (κ2) is 8.36. The van der Waals surface area contributed by atoms with Gasteiger partial charge in [-0.3, -0.25) is 4.79 Å². The molecule has 1 aliphatic rings. The van der Waals surface area contributed by atoms with Gasteiger partial charge in [0.1, 0.15) is 5.82 Å². The summed E-state index contributed by atoms with van der Waals surface area (Å²) in [4.78, 5) is 17.7. The van der Waals surface area contributed by atoms with Crippen molar-refractivity contribution in [2.75, 3.05) is 0 Å². The summed E-state index contributed by atoms with van der Waals surface area (Å²) in [6.07, 6.45) is 1.86. The van der Waals surface area contributed by atoms with Crippen molar-refractivity contribution in [2.24, 2.45) is 4.99 Å². The highest BCUT2D eigenvalue weighted by atomic mass is 35.5. The molecule has 0 bridgehead atoms. The molecule has 1 aliphatic heterocycles. The van der Waals surface area contributed by atoms with E-state index in [1.807, 2.05) is 56.5 Å². The van der Waals surface area contributed by atoms with Gasteiger partial charge in [0.2, 0.25) is 0 Å². The van der Waals surface area contributed by atoms with Crippen LogP contribution in [0.15, 0.2) is 52.4 Å². The van der Waals surface area contributed by atoms with Gasteiger partial charge in [-0.05, 0) is 87.0 Å². The molecule has 1 saturated heterocycles. The first kappa shape index (κ1) is 21.4. The summed E-state index contributed by atoms with van der Waals surface area (Å²) >= 11 is 7.28. The van der Waals surface area contributed by atoms with Crippen molar-refractivity contribution in [3.63, 3.8) is 0 Å². The fourth-order valence-corrected chi connectivity index (χ4v) is 4.62. The highest BCUT2D eigenvalue weighted by Crippen LogP contribution is 2.32. The minimum atomic E-state index is -0.454. The molecule has 0 aliphatic carbocycles. The Morgan fingerprint density at radius 2 is 1.87 bits per heavy atom. The number of nitrogens with zero attached hydrogens (tertiary/aromatic N) is 2. The number of halogens is 2. The van der Waals surface area contributed by atoms with Crippen LogP contribution in [0.2, 0.25) is 5.02 Å². The normalized spacial score (nSPS) is 16.4. The number of amides is 1. The molecule has 0 atom stereocenters. The lowest BCUT2D eigenvalue weighted by Gasteiger charge is -2.10. The number of benzene rings is 2. The van der Waals surface area contributed by atoms with Gasteiger partial charge in [0.05, 0.1) is 15.6 Å². The molecule has 0 unspecified atom stereocenters. The van der Waals surface area contributed by atoms with Crippen LogP contribution >= 0.6 is 23.4 Å². The number of aryl methyl sites for hydroxylation is 3. The van der Waals surface area contributed by atoms with Crippen molar-refractivity contribution in [1.29, 1.82) is 0 Å². The molecule has 1 N–H and O–H groups in total. The smallest absolute Gasteiger partial charge is 0.264 e. The number of amidine groups is 1. The summed E-state index contributed by atoms with van der Waals surface area (Å²) in [6, 6.07) is 12.6. The lowest BCUT2D eigenvalue weighted by molar-refractivity contribution is -0.115. The third-order valence-electron chi connectivity index (χ3n) is 5.14. The van der Waals surface area contributed by atoms with E-state index >= 15 is 0 Å². The fraction of sp³-hybridized carbons (Fsp3) is 0.167. The topological polar surface area (TPSA) is 46.4 Å². The predicted molar refractivity (Wildman–Crippen MR) is 127 cm³/mol. The van der Waals surface area contributed by atoms with Gasteiger partial charge >= 0.3 is 0 Å². The van der Waals surface area contributed by atoms with Crippen LogP contribution in [0.25, 0.3) is 11.8 Å². The molecule has 1 fully saturated rings. The number of aromatic nitrogens is 1. The van der Waals surface area contributed by atoms with Crippen LogP contribution in [0.1, 0.15) is 28.1 Å². The third-order valence-corrected chi connectivity index (χ3v) is 6.34. The summed E-state index contributed by atoms with van der Waals surface area (Å²) in [6.45, 7) is 7.95. The molecule has 31 heavy (non-hydrogen) atoms. The van der Waals surface area contributed by atoms with Crippen LogP contribution in [-0.2, 0) is 4.79 Å². The lowest BCUT2D eigenvalue weighted by Crippen LogP contribution is -2.19. The van der Waals surface area contributed by atoms with Crippen LogP contribution in [0.3, 0.4) is 0 Å².